The largest absolute Gasteiger partial charge is 0.123 e. The van der Waals surface area contributed by atoms with Gasteiger partial charge in [0.2, 0.25) is 0 Å². The minimum atomic E-state index is 0.441. The van der Waals surface area contributed by atoms with Crippen LogP contribution in [0.3, 0.4) is 0 Å². The van der Waals surface area contributed by atoms with Gasteiger partial charge in [0.25, 0.3) is 0 Å². The number of rotatable bonds is 20. The van der Waals surface area contributed by atoms with Crippen molar-refractivity contribution in [3.8, 4) is 0 Å². The molecule has 33 heavy (non-hydrogen) atoms. The summed E-state index contributed by atoms with van der Waals surface area (Å²) in [6.07, 6.45) is 31.5. The summed E-state index contributed by atoms with van der Waals surface area (Å²) in [6.45, 7) is 17.9. The van der Waals surface area contributed by atoms with E-state index in [4.69, 9.17) is 11.6 Å². The zero-order valence-corrected chi connectivity index (χ0v) is 26.0. The Morgan fingerprint density at radius 1 is 0.303 bits per heavy atom. The first-order valence-corrected chi connectivity index (χ1v) is 16.1. The Kier molecular flexibility index (Phi) is 56.1. The van der Waals surface area contributed by atoms with Crippen molar-refractivity contribution < 1.29 is 0 Å². The van der Waals surface area contributed by atoms with E-state index in [1.165, 1.54) is 148 Å². The Morgan fingerprint density at radius 3 is 0.788 bits per heavy atom. The molecule has 1 heteroatoms. The van der Waals surface area contributed by atoms with E-state index >= 15 is 0 Å². The minimum absolute atomic E-state index is 0.441. The van der Waals surface area contributed by atoms with Gasteiger partial charge in [-0.2, -0.15) is 0 Å². The van der Waals surface area contributed by atoms with Gasteiger partial charge in [0.15, 0.2) is 0 Å². The van der Waals surface area contributed by atoms with Crippen LogP contribution in [-0.2, 0) is 0 Å². The summed E-state index contributed by atoms with van der Waals surface area (Å²) in [5.41, 5.74) is 0. The quantitative estimate of drug-likeness (QED) is 0.117. The van der Waals surface area contributed by atoms with Gasteiger partial charge in [-0.3, -0.25) is 0 Å². The van der Waals surface area contributed by atoms with Crippen molar-refractivity contribution in [2.75, 3.05) is 0 Å². The van der Waals surface area contributed by atoms with E-state index in [0.717, 1.165) is 0 Å². The van der Waals surface area contributed by atoms with Crippen LogP contribution in [0.2, 0.25) is 0 Å². The van der Waals surface area contributed by atoms with Crippen molar-refractivity contribution in [1.82, 2.24) is 0 Å². The lowest BCUT2D eigenvalue weighted by Crippen LogP contribution is -1.96. The van der Waals surface area contributed by atoms with Gasteiger partial charge >= 0.3 is 0 Å². The molecule has 0 radical (unpaired) electrons. The van der Waals surface area contributed by atoms with Gasteiger partial charge in [-0.15, -0.1) is 11.6 Å². The molecule has 0 N–H and O–H groups in total. The van der Waals surface area contributed by atoms with Gasteiger partial charge in [-0.1, -0.05) is 190 Å². The second-order valence-corrected chi connectivity index (χ2v) is 10.4. The van der Waals surface area contributed by atoms with E-state index in [0.29, 0.717) is 5.38 Å². The van der Waals surface area contributed by atoms with Crippen LogP contribution in [0, 0.1) is 0 Å². The molecule has 0 spiro atoms. The maximum atomic E-state index is 6.09. The lowest BCUT2D eigenvalue weighted by atomic mass is 10.1. The van der Waals surface area contributed by atoms with Crippen molar-refractivity contribution in [3.63, 3.8) is 0 Å². The Hall–Kier alpha value is 0.290. The summed E-state index contributed by atoms with van der Waals surface area (Å²) >= 11 is 6.09. The molecule has 0 aromatic heterocycles. The molecule has 0 saturated heterocycles. The zero-order valence-electron chi connectivity index (χ0n) is 25.2. The summed E-state index contributed by atoms with van der Waals surface area (Å²) in [7, 11) is 0. The third kappa shape index (κ3) is 59.6. The van der Waals surface area contributed by atoms with Crippen LogP contribution in [0.5, 0.6) is 0 Å². The molecule has 0 aliphatic heterocycles. The molecule has 1 atom stereocenters. The fraction of sp³-hybridized carbons (Fsp3) is 1.00. The first-order chi connectivity index (χ1) is 16.1. The van der Waals surface area contributed by atoms with Crippen molar-refractivity contribution in [3.05, 3.63) is 0 Å². The number of hydrogen-bond donors (Lipinski definition) is 0. The van der Waals surface area contributed by atoms with E-state index in [9.17, 15) is 0 Å². The molecule has 0 heterocycles. The van der Waals surface area contributed by atoms with Crippen molar-refractivity contribution in [1.29, 1.82) is 0 Å². The highest BCUT2D eigenvalue weighted by molar-refractivity contribution is 6.20. The van der Waals surface area contributed by atoms with Crippen molar-refractivity contribution in [2.45, 2.75) is 208 Å². The standard InChI is InChI=1S/C11H23Cl.3C7H16/c1-3-5-6-7-8-10-11(12)9-4-2;3*1-3-5-7-6-4-2/h11H,3-10H2,1-2H3;3*3-7H2,1-2H3. The smallest absolute Gasteiger partial charge is 0.0336 e. The average Bonchev–Trinajstić information content (AvgIpc) is 2.82. The van der Waals surface area contributed by atoms with Gasteiger partial charge in [0.1, 0.15) is 0 Å². The van der Waals surface area contributed by atoms with Gasteiger partial charge in [0, 0.05) is 5.38 Å². The number of halogens is 1. The van der Waals surface area contributed by atoms with E-state index in [1.807, 2.05) is 0 Å². The van der Waals surface area contributed by atoms with Gasteiger partial charge in [-0.05, 0) is 12.8 Å². The van der Waals surface area contributed by atoms with Gasteiger partial charge < -0.3 is 0 Å². The maximum absolute atomic E-state index is 6.09. The highest BCUT2D eigenvalue weighted by atomic mass is 35.5. The summed E-state index contributed by atoms with van der Waals surface area (Å²) in [5, 5.41) is 0.441. The van der Waals surface area contributed by atoms with Crippen LogP contribution in [0.4, 0.5) is 0 Å². The molecular weight excluding hydrogens is 420 g/mol. The summed E-state index contributed by atoms with van der Waals surface area (Å²) < 4.78 is 0. The normalized spacial score (nSPS) is 10.8. The molecule has 0 amide bonds. The first kappa shape index (κ1) is 40.5. The van der Waals surface area contributed by atoms with E-state index < -0.39 is 0 Å². The molecule has 0 aliphatic carbocycles. The Balaban J connectivity index is -0.000000176. The molecule has 0 aromatic rings. The third-order valence-electron chi connectivity index (χ3n) is 5.84. The van der Waals surface area contributed by atoms with E-state index in [-0.39, 0.29) is 0 Å². The molecule has 0 bridgehead atoms. The van der Waals surface area contributed by atoms with E-state index in [2.05, 4.69) is 55.4 Å². The molecule has 206 valence electrons. The lowest BCUT2D eigenvalue weighted by molar-refractivity contribution is 0.577. The van der Waals surface area contributed by atoms with Crippen LogP contribution < -0.4 is 0 Å². The van der Waals surface area contributed by atoms with Gasteiger partial charge in [-0.25, -0.2) is 0 Å². The molecule has 0 aromatic carbocycles. The Bertz CT molecular complexity index is 215. The van der Waals surface area contributed by atoms with Crippen LogP contribution in [-0.4, -0.2) is 5.38 Å². The molecule has 1 unspecified atom stereocenters. The fourth-order valence-corrected chi connectivity index (χ4v) is 3.83. The highest BCUT2D eigenvalue weighted by Gasteiger charge is 2.01. The Labute approximate surface area is 219 Å². The molecule has 0 nitrogen and oxygen atoms in total. The molecule has 0 rings (SSSR count). The fourth-order valence-electron chi connectivity index (χ4n) is 3.46. The van der Waals surface area contributed by atoms with Crippen molar-refractivity contribution >= 4 is 11.6 Å². The summed E-state index contributed by atoms with van der Waals surface area (Å²) in [6, 6.07) is 0. The summed E-state index contributed by atoms with van der Waals surface area (Å²) in [5.74, 6) is 0. The second kappa shape index (κ2) is 45.7. The molecule has 0 saturated carbocycles. The number of alkyl halides is 1. The van der Waals surface area contributed by atoms with E-state index in [1.54, 1.807) is 0 Å². The third-order valence-corrected chi connectivity index (χ3v) is 6.28. The van der Waals surface area contributed by atoms with Crippen LogP contribution in [0.25, 0.3) is 0 Å². The number of unbranched alkanes of at least 4 members (excludes halogenated alkanes) is 16. The second-order valence-electron chi connectivity index (χ2n) is 9.77. The molecule has 0 fully saturated rings. The van der Waals surface area contributed by atoms with Crippen LogP contribution in [0.1, 0.15) is 203 Å². The Morgan fingerprint density at radius 2 is 0.545 bits per heavy atom. The predicted octanol–water partition coefficient (Wildman–Crippen LogP) is 13.7. The predicted molar refractivity (Wildman–Crippen MR) is 161 cm³/mol. The van der Waals surface area contributed by atoms with Crippen LogP contribution >= 0.6 is 11.6 Å². The van der Waals surface area contributed by atoms with Gasteiger partial charge in [0.05, 0.1) is 0 Å². The minimum Gasteiger partial charge on any atom is -0.123 e. The maximum Gasteiger partial charge on any atom is 0.0336 e. The topological polar surface area (TPSA) is 0 Å². The number of hydrogen-bond acceptors (Lipinski definition) is 0. The highest BCUT2D eigenvalue weighted by Crippen LogP contribution is 2.14. The molecule has 0 aliphatic rings. The van der Waals surface area contributed by atoms with Crippen molar-refractivity contribution in [2.24, 2.45) is 0 Å². The lowest BCUT2D eigenvalue weighted by Gasteiger charge is -2.06. The summed E-state index contributed by atoms with van der Waals surface area (Å²) in [4.78, 5) is 0. The average molecular weight is 491 g/mol. The monoisotopic (exact) mass is 491 g/mol. The molecular formula is C32H71Cl. The van der Waals surface area contributed by atoms with Crippen LogP contribution in [0.15, 0.2) is 0 Å². The first-order valence-electron chi connectivity index (χ1n) is 15.7. The zero-order chi connectivity index (χ0) is 25.8. The SMILES string of the molecule is CCCCCCC.CCCCCCC.CCCCCCC.CCCCCCCC(Cl)CCC.